The van der Waals surface area contributed by atoms with Gasteiger partial charge in [-0.3, -0.25) is 4.79 Å². The van der Waals surface area contributed by atoms with Crippen LogP contribution in [0.15, 0.2) is 23.8 Å². The number of carbonyl (C=O) groups is 1. The van der Waals surface area contributed by atoms with Crippen LogP contribution in [0.25, 0.3) is 0 Å². The molecule has 0 saturated carbocycles. The molecule has 2 heteroatoms. The number of allylic oxidation sites excluding steroid dienone is 2. The van der Waals surface area contributed by atoms with Gasteiger partial charge in [-0.2, -0.15) is 0 Å². The van der Waals surface area contributed by atoms with Crippen molar-refractivity contribution in [3.05, 3.63) is 23.8 Å². The first-order chi connectivity index (χ1) is 6.38. The lowest BCUT2D eigenvalue weighted by Crippen LogP contribution is -2.41. The molecule has 0 fully saturated rings. The van der Waals surface area contributed by atoms with Gasteiger partial charge in [0.1, 0.15) is 0 Å². The summed E-state index contributed by atoms with van der Waals surface area (Å²) in [5.74, 6) is 0.585. The van der Waals surface area contributed by atoms with Gasteiger partial charge in [0.05, 0.1) is 0 Å². The molecule has 1 rings (SSSR count). The second-order valence-corrected chi connectivity index (χ2v) is 4.94. The van der Waals surface area contributed by atoms with E-state index in [-0.39, 0.29) is 11.4 Å². The van der Waals surface area contributed by atoms with Gasteiger partial charge in [-0.15, -0.1) is 0 Å². The van der Waals surface area contributed by atoms with E-state index in [0.29, 0.717) is 5.92 Å². The lowest BCUT2D eigenvalue weighted by Gasteiger charge is -2.21. The molecule has 0 heterocycles. The van der Waals surface area contributed by atoms with E-state index in [1.807, 2.05) is 32.9 Å². The maximum absolute atomic E-state index is 11.7. The van der Waals surface area contributed by atoms with E-state index < -0.39 is 0 Å². The summed E-state index contributed by atoms with van der Waals surface area (Å²) < 4.78 is 0. The molecular formula is C12H19NO. The Bertz CT molecular complexity index is 281. The Hall–Kier alpha value is -1.05. The molecule has 14 heavy (non-hydrogen) atoms. The summed E-state index contributed by atoms with van der Waals surface area (Å²) in [6.45, 7) is 8.10. The molecule has 1 unspecified atom stereocenters. The van der Waals surface area contributed by atoms with Crippen LogP contribution < -0.4 is 5.32 Å². The van der Waals surface area contributed by atoms with Gasteiger partial charge < -0.3 is 5.32 Å². The average molecular weight is 193 g/mol. The smallest absolute Gasteiger partial charge is 0.251 e. The molecule has 0 radical (unpaired) electrons. The van der Waals surface area contributed by atoms with Crippen molar-refractivity contribution in [2.75, 3.05) is 0 Å². The van der Waals surface area contributed by atoms with Crippen molar-refractivity contribution >= 4 is 5.91 Å². The zero-order valence-electron chi connectivity index (χ0n) is 9.42. The van der Waals surface area contributed by atoms with Crippen LogP contribution in [0.2, 0.25) is 0 Å². The number of hydrogen-bond acceptors (Lipinski definition) is 1. The number of amides is 1. The van der Waals surface area contributed by atoms with Crippen molar-refractivity contribution in [1.82, 2.24) is 5.32 Å². The summed E-state index contributed by atoms with van der Waals surface area (Å²) in [5, 5.41) is 2.95. The van der Waals surface area contributed by atoms with Crippen molar-refractivity contribution in [2.45, 2.75) is 39.7 Å². The Morgan fingerprint density at radius 2 is 2.14 bits per heavy atom. The third-order valence-electron chi connectivity index (χ3n) is 2.06. The fourth-order valence-electron chi connectivity index (χ4n) is 1.31. The van der Waals surface area contributed by atoms with Gasteiger partial charge in [0.15, 0.2) is 0 Å². The molecule has 1 amide bonds. The maximum Gasteiger partial charge on any atom is 0.251 e. The van der Waals surface area contributed by atoms with Crippen molar-refractivity contribution in [3.63, 3.8) is 0 Å². The largest absolute Gasteiger partial charge is 0.347 e. The molecule has 0 bridgehead atoms. The lowest BCUT2D eigenvalue weighted by molar-refractivity contribution is -0.118. The predicted octanol–water partition coefficient (Wildman–Crippen LogP) is 2.42. The highest BCUT2D eigenvalue weighted by Crippen LogP contribution is 2.16. The lowest BCUT2D eigenvalue weighted by atomic mass is 9.97. The van der Waals surface area contributed by atoms with Crippen molar-refractivity contribution in [1.29, 1.82) is 0 Å². The Kier molecular flexibility index (Phi) is 3.14. The molecule has 1 N–H and O–H groups in total. The quantitative estimate of drug-likeness (QED) is 0.681. The molecule has 0 aromatic heterocycles. The minimum absolute atomic E-state index is 0.0284. The average Bonchev–Trinajstić information content (AvgIpc) is 2.02. The normalized spacial score (nSPS) is 21.7. The second-order valence-electron chi connectivity index (χ2n) is 4.94. The van der Waals surface area contributed by atoms with Gasteiger partial charge >= 0.3 is 0 Å². The van der Waals surface area contributed by atoms with Crippen LogP contribution in [0.5, 0.6) is 0 Å². The third-order valence-corrected chi connectivity index (χ3v) is 2.06. The molecule has 0 aliphatic heterocycles. The standard InChI is InChI=1S/C12H19NO/c1-9-5-7-10(8-6-9)11(14)13-12(2,3)4/h5,7-9H,6H2,1-4H3,(H,13,14). The number of carbonyl (C=O) groups excluding carboxylic acids is 1. The molecule has 0 saturated heterocycles. The predicted molar refractivity (Wildman–Crippen MR) is 58.9 cm³/mol. The van der Waals surface area contributed by atoms with Gasteiger partial charge in [-0.1, -0.05) is 25.2 Å². The van der Waals surface area contributed by atoms with Gasteiger partial charge in [-0.05, 0) is 33.1 Å². The van der Waals surface area contributed by atoms with E-state index in [1.165, 1.54) is 0 Å². The maximum atomic E-state index is 11.7. The first-order valence-corrected chi connectivity index (χ1v) is 5.09. The Balaban J connectivity index is 2.59. The van der Waals surface area contributed by atoms with Crippen LogP contribution in [0.1, 0.15) is 34.1 Å². The number of nitrogens with one attached hydrogen (secondary N) is 1. The first-order valence-electron chi connectivity index (χ1n) is 5.09. The van der Waals surface area contributed by atoms with Crippen molar-refractivity contribution < 1.29 is 4.79 Å². The highest BCUT2D eigenvalue weighted by atomic mass is 16.1. The van der Waals surface area contributed by atoms with Crippen molar-refractivity contribution in [2.24, 2.45) is 5.92 Å². The Morgan fingerprint density at radius 1 is 1.50 bits per heavy atom. The molecule has 78 valence electrons. The summed E-state index contributed by atoms with van der Waals surface area (Å²) >= 11 is 0. The highest BCUT2D eigenvalue weighted by Gasteiger charge is 2.17. The number of rotatable bonds is 1. The van der Waals surface area contributed by atoms with Gasteiger partial charge in [-0.25, -0.2) is 0 Å². The minimum atomic E-state index is -0.158. The van der Waals surface area contributed by atoms with Gasteiger partial charge in [0, 0.05) is 11.1 Å². The summed E-state index contributed by atoms with van der Waals surface area (Å²) in [6.07, 6.45) is 6.96. The zero-order valence-corrected chi connectivity index (χ0v) is 9.42. The van der Waals surface area contributed by atoms with E-state index in [4.69, 9.17) is 0 Å². The number of hydrogen-bond donors (Lipinski definition) is 1. The minimum Gasteiger partial charge on any atom is -0.347 e. The molecule has 1 aliphatic carbocycles. The second kappa shape index (κ2) is 3.99. The van der Waals surface area contributed by atoms with Crippen LogP contribution in [0.3, 0.4) is 0 Å². The fraction of sp³-hybridized carbons (Fsp3) is 0.583. The van der Waals surface area contributed by atoms with Crippen LogP contribution in [0.4, 0.5) is 0 Å². The van der Waals surface area contributed by atoms with Crippen molar-refractivity contribution in [3.8, 4) is 0 Å². The monoisotopic (exact) mass is 193 g/mol. The molecule has 1 aliphatic rings. The summed E-state index contributed by atoms with van der Waals surface area (Å²) in [6, 6.07) is 0. The molecule has 1 atom stereocenters. The highest BCUT2D eigenvalue weighted by molar-refractivity contribution is 5.96. The Morgan fingerprint density at radius 3 is 2.57 bits per heavy atom. The summed E-state index contributed by atoms with van der Waals surface area (Å²) in [4.78, 5) is 11.7. The topological polar surface area (TPSA) is 29.1 Å². The van der Waals surface area contributed by atoms with E-state index in [9.17, 15) is 4.79 Å². The van der Waals surface area contributed by atoms with Gasteiger partial charge in [0.25, 0.3) is 5.91 Å². The van der Waals surface area contributed by atoms with Crippen LogP contribution in [-0.2, 0) is 4.79 Å². The van der Waals surface area contributed by atoms with E-state index >= 15 is 0 Å². The zero-order chi connectivity index (χ0) is 10.8. The third kappa shape index (κ3) is 3.36. The fourth-order valence-corrected chi connectivity index (χ4v) is 1.31. The molecule has 0 spiro atoms. The van der Waals surface area contributed by atoms with Crippen LogP contribution >= 0.6 is 0 Å². The molecule has 0 aromatic rings. The summed E-state index contributed by atoms with van der Waals surface area (Å²) in [7, 11) is 0. The first kappa shape index (κ1) is 11.0. The molecular weight excluding hydrogens is 174 g/mol. The van der Waals surface area contributed by atoms with Gasteiger partial charge in [0.2, 0.25) is 0 Å². The van der Waals surface area contributed by atoms with E-state index in [0.717, 1.165) is 12.0 Å². The van der Waals surface area contributed by atoms with Crippen LogP contribution in [-0.4, -0.2) is 11.4 Å². The SMILES string of the molecule is CC1C=CC(C(=O)NC(C)(C)C)=CC1. The van der Waals surface area contributed by atoms with E-state index in [2.05, 4.69) is 18.3 Å². The molecule has 2 nitrogen and oxygen atoms in total. The van der Waals surface area contributed by atoms with Crippen LogP contribution in [0, 0.1) is 5.92 Å². The molecule has 0 aromatic carbocycles. The summed E-state index contributed by atoms with van der Waals surface area (Å²) in [5.41, 5.74) is 0.632. The van der Waals surface area contributed by atoms with E-state index in [1.54, 1.807) is 0 Å². The Labute approximate surface area is 86.1 Å².